The normalized spacial score (nSPS) is 19.8. The maximum absolute atomic E-state index is 13.7. The second-order valence-corrected chi connectivity index (χ2v) is 10.1. The van der Waals surface area contributed by atoms with Crippen molar-refractivity contribution in [2.75, 3.05) is 19.4 Å². The minimum atomic E-state index is -3.52. The van der Waals surface area contributed by atoms with Crippen LogP contribution in [-0.2, 0) is 31.1 Å². The first-order valence-corrected chi connectivity index (χ1v) is 12.4. The largest absolute Gasteiger partial charge is 0.338 e. The fraction of sp³-hybridized carbons (Fsp3) is 0.409. The Morgan fingerprint density at radius 2 is 1.83 bits per heavy atom. The standard InChI is InChI=1S/C22H25Cl2NO4S/c1-30(27,28)29-14-6-12-22(18-9-10-19(23)20(24)15-18)11-5-13-25(21(22)26)16-17-7-3-2-4-8-17/h2-4,7-10,15H,5-6,11-14,16H2,1H3. The molecule has 0 aromatic heterocycles. The van der Waals surface area contributed by atoms with E-state index in [9.17, 15) is 13.2 Å². The first-order valence-electron chi connectivity index (χ1n) is 9.84. The summed E-state index contributed by atoms with van der Waals surface area (Å²) in [6.45, 7) is 1.24. The van der Waals surface area contributed by atoms with Crippen LogP contribution in [0.3, 0.4) is 0 Å². The molecule has 1 atom stereocenters. The number of hydrogen-bond donors (Lipinski definition) is 0. The summed E-state index contributed by atoms with van der Waals surface area (Å²) in [4.78, 5) is 15.6. The van der Waals surface area contributed by atoms with Gasteiger partial charge in [-0.05, 0) is 48.9 Å². The molecule has 1 aliphatic heterocycles. The van der Waals surface area contributed by atoms with Crippen LogP contribution in [0.25, 0.3) is 0 Å². The third kappa shape index (κ3) is 5.55. The number of nitrogens with zero attached hydrogens (tertiary/aromatic N) is 1. The molecule has 3 rings (SSSR count). The van der Waals surface area contributed by atoms with Crippen LogP contribution >= 0.6 is 23.2 Å². The van der Waals surface area contributed by atoms with Crippen LogP contribution in [0.2, 0.25) is 10.0 Å². The zero-order valence-corrected chi connectivity index (χ0v) is 19.1. The lowest BCUT2D eigenvalue weighted by atomic mass is 9.70. The van der Waals surface area contributed by atoms with Gasteiger partial charge < -0.3 is 4.90 Å². The molecule has 8 heteroatoms. The lowest BCUT2D eigenvalue weighted by Crippen LogP contribution is -2.51. The molecule has 0 saturated carbocycles. The summed E-state index contributed by atoms with van der Waals surface area (Å²) in [7, 11) is -3.52. The van der Waals surface area contributed by atoms with E-state index in [0.717, 1.165) is 23.8 Å². The quantitative estimate of drug-likeness (QED) is 0.410. The van der Waals surface area contributed by atoms with E-state index in [1.54, 1.807) is 12.1 Å². The predicted octanol–water partition coefficient (Wildman–Crippen LogP) is 4.81. The monoisotopic (exact) mass is 469 g/mol. The van der Waals surface area contributed by atoms with Crippen LogP contribution in [0, 0.1) is 0 Å². The first-order chi connectivity index (χ1) is 14.2. The molecule has 1 amide bonds. The number of carbonyl (C=O) groups is 1. The van der Waals surface area contributed by atoms with Gasteiger partial charge in [-0.15, -0.1) is 0 Å². The summed E-state index contributed by atoms with van der Waals surface area (Å²) in [5.74, 6) is 0.0235. The third-order valence-corrected chi connectivity index (χ3v) is 6.80. The highest BCUT2D eigenvalue weighted by Gasteiger charge is 2.45. The van der Waals surface area contributed by atoms with Crippen molar-refractivity contribution in [3.63, 3.8) is 0 Å². The predicted molar refractivity (Wildman–Crippen MR) is 119 cm³/mol. The van der Waals surface area contributed by atoms with Gasteiger partial charge in [-0.25, -0.2) is 0 Å². The van der Waals surface area contributed by atoms with Crippen LogP contribution < -0.4 is 0 Å². The van der Waals surface area contributed by atoms with E-state index in [4.69, 9.17) is 27.4 Å². The fourth-order valence-electron chi connectivity index (χ4n) is 4.06. The average molecular weight is 470 g/mol. The van der Waals surface area contributed by atoms with Crippen molar-refractivity contribution in [1.29, 1.82) is 0 Å². The van der Waals surface area contributed by atoms with Crippen LogP contribution in [0.5, 0.6) is 0 Å². The number of halogens is 2. The number of amides is 1. The van der Waals surface area contributed by atoms with E-state index < -0.39 is 15.5 Å². The van der Waals surface area contributed by atoms with Gasteiger partial charge in [0.1, 0.15) is 0 Å². The highest BCUT2D eigenvalue weighted by molar-refractivity contribution is 7.85. The summed E-state index contributed by atoms with van der Waals surface area (Å²) in [6, 6.07) is 15.2. The summed E-state index contributed by atoms with van der Waals surface area (Å²) in [5.41, 5.74) is 1.08. The summed E-state index contributed by atoms with van der Waals surface area (Å²) >= 11 is 12.4. The Morgan fingerprint density at radius 3 is 2.50 bits per heavy atom. The van der Waals surface area contributed by atoms with Gasteiger partial charge in [-0.3, -0.25) is 8.98 Å². The van der Waals surface area contributed by atoms with E-state index in [-0.39, 0.29) is 12.5 Å². The Labute approximate surface area is 188 Å². The zero-order chi connectivity index (χ0) is 21.8. The minimum absolute atomic E-state index is 0.0235. The smallest absolute Gasteiger partial charge is 0.264 e. The number of benzene rings is 2. The molecular formula is C22H25Cl2NO4S. The molecule has 2 aromatic carbocycles. The van der Waals surface area contributed by atoms with Crippen molar-refractivity contribution in [2.24, 2.45) is 0 Å². The molecule has 0 bridgehead atoms. The van der Waals surface area contributed by atoms with E-state index >= 15 is 0 Å². The Bertz CT molecular complexity index is 997. The Morgan fingerprint density at radius 1 is 1.10 bits per heavy atom. The van der Waals surface area contributed by atoms with Gasteiger partial charge in [0.25, 0.3) is 10.1 Å². The lowest BCUT2D eigenvalue weighted by Gasteiger charge is -2.42. The van der Waals surface area contributed by atoms with Crippen molar-refractivity contribution in [2.45, 2.75) is 37.6 Å². The Hall–Kier alpha value is -1.60. The van der Waals surface area contributed by atoms with Gasteiger partial charge in [-0.2, -0.15) is 8.42 Å². The van der Waals surface area contributed by atoms with Crippen LogP contribution in [0.15, 0.2) is 48.5 Å². The van der Waals surface area contributed by atoms with E-state index in [1.165, 1.54) is 0 Å². The third-order valence-electron chi connectivity index (χ3n) is 5.46. The van der Waals surface area contributed by atoms with Crippen molar-refractivity contribution in [1.82, 2.24) is 4.90 Å². The zero-order valence-electron chi connectivity index (χ0n) is 16.8. The van der Waals surface area contributed by atoms with Gasteiger partial charge in [0.05, 0.1) is 28.3 Å². The Balaban J connectivity index is 1.89. The van der Waals surface area contributed by atoms with Gasteiger partial charge in [0.15, 0.2) is 0 Å². The number of likely N-dealkylation sites (tertiary alicyclic amines) is 1. The molecular weight excluding hydrogens is 445 g/mol. The molecule has 30 heavy (non-hydrogen) atoms. The maximum atomic E-state index is 13.7. The van der Waals surface area contributed by atoms with Crippen LogP contribution in [0.1, 0.15) is 36.8 Å². The maximum Gasteiger partial charge on any atom is 0.264 e. The molecule has 1 fully saturated rings. The molecule has 0 spiro atoms. The van der Waals surface area contributed by atoms with Crippen molar-refractivity contribution in [3.05, 3.63) is 69.7 Å². The lowest BCUT2D eigenvalue weighted by molar-refractivity contribution is -0.142. The molecule has 1 saturated heterocycles. The number of carbonyl (C=O) groups excluding carboxylic acids is 1. The summed E-state index contributed by atoms with van der Waals surface area (Å²) in [5, 5.41) is 0.828. The second-order valence-electron chi connectivity index (χ2n) is 7.66. The topological polar surface area (TPSA) is 63.7 Å². The van der Waals surface area contributed by atoms with Crippen molar-refractivity contribution < 1.29 is 17.4 Å². The summed E-state index contributed by atoms with van der Waals surface area (Å²) in [6.07, 6.45) is 3.41. The van der Waals surface area contributed by atoms with E-state index in [1.807, 2.05) is 41.3 Å². The highest BCUT2D eigenvalue weighted by atomic mass is 35.5. The highest BCUT2D eigenvalue weighted by Crippen LogP contribution is 2.41. The number of hydrogen-bond acceptors (Lipinski definition) is 4. The van der Waals surface area contributed by atoms with Crippen molar-refractivity contribution in [3.8, 4) is 0 Å². The van der Waals surface area contributed by atoms with Gasteiger partial charge in [0, 0.05) is 13.1 Å². The van der Waals surface area contributed by atoms with Crippen LogP contribution in [-0.4, -0.2) is 38.6 Å². The fourth-order valence-corrected chi connectivity index (χ4v) is 4.78. The molecule has 0 aliphatic carbocycles. The van der Waals surface area contributed by atoms with Crippen molar-refractivity contribution >= 4 is 39.2 Å². The molecule has 1 aliphatic rings. The number of rotatable bonds is 8. The molecule has 5 nitrogen and oxygen atoms in total. The number of piperidine rings is 1. The molecule has 0 radical (unpaired) electrons. The molecule has 1 unspecified atom stereocenters. The molecule has 162 valence electrons. The van der Waals surface area contributed by atoms with Gasteiger partial charge >= 0.3 is 0 Å². The molecule has 0 N–H and O–H groups in total. The van der Waals surface area contributed by atoms with Crippen LogP contribution in [0.4, 0.5) is 0 Å². The minimum Gasteiger partial charge on any atom is -0.338 e. The van der Waals surface area contributed by atoms with Gasteiger partial charge in [-0.1, -0.05) is 59.6 Å². The first kappa shape index (κ1) is 23.1. The Kier molecular flexibility index (Phi) is 7.45. The van der Waals surface area contributed by atoms with Gasteiger partial charge in [0.2, 0.25) is 5.91 Å². The second kappa shape index (κ2) is 9.69. The SMILES string of the molecule is CS(=O)(=O)OCCCC1(c2ccc(Cl)c(Cl)c2)CCCN(Cc2ccccc2)C1=O. The molecule has 2 aromatic rings. The average Bonchev–Trinajstić information content (AvgIpc) is 2.70. The molecule has 1 heterocycles. The van der Waals surface area contributed by atoms with E-state index in [2.05, 4.69) is 0 Å². The summed E-state index contributed by atoms with van der Waals surface area (Å²) < 4.78 is 27.5. The van der Waals surface area contributed by atoms with E-state index in [0.29, 0.717) is 42.4 Å².